The van der Waals surface area contributed by atoms with Crippen LogP contribution in [0, 0.1) is 11.8 Å². The topological polar surface area (TPSA) is 78.9 Å². The summed E-state index contributed by atoms with van der Waals surface area (Å²) < 4.78 is 16.7. The van der Waals surface area contributed by atoms with Crippen molar-refractivity contribution in [1.29, 1.82) is 0 Å². The van der Waals surface area contributed by atoms with Crippen LogP contribution in [0.25, 0.3) is 0 Å². The first-order valence-corrected chi connectivity index (χ1v) is 22.7. The zero-order chi connectivity index (χ0) is 38.3. The van der Waals surface area contributed by atoms with Crippen LogP contribution in [-0.4, -0.2) is 37.2 Å². The second kappa shape index (κ2) is 39.1. The minimum Gasteiger partial charge on any atom is -0.462 e. The van der Waals surface area contributed by atoms with E-state index in [-0.39, 0.29) is 31.1 Å². The van der Waals surface area contributed by atoms with Crippen LogP contribution in [0.4, 0.5) is 0 Å². The first-order valence-electron chi connectivity index (χ1n) is 22.7. The van der Waals surface area contributed by atoms with E-state index in [1.807, 2.05) is 0 Å². The van der Waals surface area contributed by atoms with Gasteiger partial charge < -0.3 is 14.2 Å². The number of carbonyl (C=O) groups excluding carboxylic acids is 3. The standard InChI is InChI=1S/C46H88O6/c1-6-7-8-9-10-11-12-13-14-15-16-17-20-28-33-38-46(49)52-43(40-51-45(48)37-32-27-23-22-25-30-35-42(4)5)39-50-44(47)36-31-26-21-18-19-24-29-34-41(2)3/h41-43H,6-40H2,1-5H3/t43-/m0/s1. The van der Waals surface area contributed by atoms with Crippen LogP contribution < -0.4 is 0 Å². The number of hydrogen-bond acceptors (Lipinski definition) is 6. The molecular formula is C46H88O6. The summed E-state index contributed by atoms with van der Waals surface area (Å²) in [6, 6.07) is 0. The minimum absolute atomic E-state index is 0.0665. The van der Waals surface area contributed by atoms with Crippen molar-refractivity contribution in [3.05, 3.63) is 0 Å². The summed E-state index contributed by atoms with van der Waals surface area (Å²) in [5.74, 6) is 0.680. The lowest BCUT2D eigenvalue weighted by atomic mass is 10.0. The predicted molar refractivity (Wildman–Crippen MR) is 220 cm³/mol. The average Bonchev–Trinajstić information content (AvgIpc) is 3.11. The largest absolute Gasteiger partial charge is 0.462 e. The summed E-state index contributed by atoms with van der Waals surface area (Å²) >= 11 is 0. The molecular weight excluding hydrogens is 648 g/mol. The van der Waals surface area contributed by atoms with Gasteiger partial charge in [0.2, 0.25) is 0 Å². The quantitative estimate of drug-likeness (QED) is 0.0354. The van der Waals surface area contributed by atoms with Crippen molar-refractivity contribution in [3.8, 4) is 0 Å². The molecule has 0 saturated carbocycles. The zero-order valence-electron chi connectivity index (χ0n) is 35.4. The number of hydrogen-bond donors (Lipinski definition) is 0. The monoisotopic (exact) mass is 737 g/mol. The molecule has 0 heterocycles. The van der Waals surface area contributed by atoms with Crippen LogP contribution in [0.3, 0.4) is 0 Å². The van der Waals surface area contributed by atoms with E-state index in [1.54, 1.807) is 0 Å². The van der Waals surface area contributed by atoms with Gasteiger partial charge in [0.1, 0.15) is 13.2 Å². The lowest BCUT2D eigenvalue weighted by molar-refractivity contribution is -0.167. The van der Waals surface area contributed by atoms with Gasteiger partial charge in [-0.2, -0.15) is 0 Å². The molecule has 0 aromatic carbocycles. The highest BCUT2D eigenvalue weighted by Gasteiger charge is 2.19. The van der Waals surface area contributed by atoms with Gasteiger partial charge in [-0.15, -0.1) is 0 Å². The van der Waals surface area contributed by atoms with Crippen LogP contribution in [0.2, 0.25) is 0 Å². The molecule has 6 heteroatoms. The van der Waals surface area contributed by atoms with E-state index in [1.165, 1.54) is 135 Å². The van der Waals surface area contributed by atoms with Crippen LogP contribution in [0.15, 0.2) is 0 Å². The van der Waals surface area contributed by atoms with E-state index in [0.717, 1.165) is 69.6 Å². The number of unbranched alkanes of at least 4 members (excludes halogenated alkanes) is 25. The molecule has 0 bridgehead atoms. The second-order valence-electron chi connectivity index (χ2n) is 16.6. The van der Waals surface area contributed by atoms with Crippen molar-refractivity contribution in [3.63, 3.8) is 0 Å². The maximum absolute atomic E-state index is 12.7. The highest BCUT2D eigenvalue weighted by molar-refractivity contribution is 5.71. The number of rotatable bonds is 40. The smallest absolute Gasteiger partial charge is 0.306 e. The van der Waals surface area contributed by atoms with E-state index in [2.05, 4.69) is 34.6 Å². The molecule has 308 valence electrons. The fourth-order valence-electron chi connectivity index (χ4n) is 6.75. The lowest BCUT2D eigenvalue weighted by Crippen LogP contribution is -2.30. The molecule has 0 aliphatic carbocycles. The normalized spacial score (nSPS) is 12.1. The maximum atomic E-state index is 12.7. The fourth-order valence-corrected chi connectivity index (χ4v) is 6.75. The van der Waals surface area contributed by atoms with E-state index in [9.17, 15) is 14.4 Å². The molecule has 0 radical (unpaired) electrons. The summed E-state index contributed by atoms with van der Waals surface area (Å²) in [6.45, 7) is 11.2. The third kappa shape index (κ3) is 39.6. The second-order valence-corrected chi connectivity index (χ2v) is 16.6. The van der Waals surface area contributed by atoms with Crippen molar-refractivity contribution in [2.45, 2.75) is 253 Å². The van der Waals surface area contributed by atoms with Crippen molar-refractivity contribution >= 4 is 17.9 Å². The molecule has 0 aromatic heterocycles. The summed E-state index contributed by atoms with van der Waals surface area (Å²) in [7, 11) is 0. The molecule has 0 aliphatic rings. The first-order chi connectivity index (χ1) is 25.2. The van der Waals surface area contributed by atoms with E-state index < -0.39 is 6.10 Å². The van der Waals surface area contributed by atoms with Gasteiger partial charge in [-0.1, -0.05) is 208 Å². The number of esters is 3. The van der Waals surface area contributed by atoms with Gasteiger partial charge in [-0.05, 0) is 31.1 Å². The summed E-state index contributed by atoms with van der Waals surface area (Å²) in [6.07, 6.45) is 36.8. The van der Waals surface area contributed by atoms with Gasteiger partial charge in [0.25, 0.3) is 0 Å². The van der Waals surface area contributed by atoms with Gasteiger partial charge in [0, 0.05) is 19.3 Å². The molecule has 0 aromatic rings. The van der Waals surface area contributed by atoms with Gasteiger partial charge in [0.05, 0.1) is 0 Å². The lowest BCUT2D eigenvalue weighted by Gasteiger charge is -2.18. The average molecular weight is 737 g/mol. The Bertz CT molecular complexity index is 794. The molecule has 52 heavy (non-hydrogen) atoms. The first kappa shape index (κ1) is 50.4. The van der Waals surface area contributed by atoms with Crippen LogP contribution >= 0.6 is 0 Å². The Morgan fingerprint density at radius 1 is 0.365 bits per heavy atom. The molecule has 0 spiro atoms. The highest BCUT2D eigenvalue weighted by atomic mass is 16.6. The molecule has 6 nitrogen and oxygen atoms in total. The van der Waals surface area contributed by atoms with Crippen molar-refractivity contribution in [2.24, 2.45) is 11.8 Å². The molecule has 0 amide bonds. The van der Waals surface area contributed by atoms with E-state index in [4.69, 9.17) is 14.2 Å². The Morgan fingerprint density at radius 3 is 0.942 bits per heavy atom. The van der Waals surface area contributed by atoms with Gasteiger partial charge >= 0.3 is 17.9 Å². The Kier molecular flexibility index (Phi) is 37.9. The van der Waals surface area contributed by atoms with E-state index >= 15 is 0 Å². The minimum atomic E-state index is -0.761. The molecule has 0 N–H and O–H groups in total. The summed E-state index contributed by atoms with van der Waals surface area (Å²) in [5, 5.41) is 0. The van der Waals surface area contributed by atoms with Gasteiger partial charge in [-0.25, -0.2) is 0 Å². The van der Waals surface area contributed by atoms with Crippen molar-refractivity contribution in [2.75, 3.05) is 13.2 Å². The predicted octanol–water partition coefficient (Wildman–Crippen LogP) is 14.2. The maximum Gasteiger partial charge on any atom is 0.306 e. The summed E-state index contributed by atoms with van der Waals surface area (Å²) in [4.78, 5) is 37.6. The zero-order valence-corrected chi connectivity index (χ0v) is 35.4. The van der Waals surface area contributed by atoms with Gasteiger partial charge in [-0.3, -0.25) is 14.4 Å². The van der Waals surface area contributed by atoms with E-state index in [0.29, 0.717) is 19.3 Å². The molecule has 0 unspecified atom stereocenters. The van der Waals surface area contributed by atoms with Crippen LogP contribution in [0.5, 0.6) is 0 Å². The molecule has 0 aliphatic heterocycles. The van der Waals surface area contributed by atoms with Gasteiger partial charge in [0.15, 0.2) is 6.10 Å². The molecule has 1 atom stereocenters. The third-order valence-corrected chi connectivity index (χ3v) is 10.2. The van der Waals surface area contributed by atoms with Crippen molar-refractivity contribution < 1.29 is 28.6 Å². The molecule has 0 fully saturated rings. The Hall–Kier alpha value is -1.59. The number of carbonyl (C=O) groups is 3. The fraction of sp³-hybridized carbons (Fsp3) is 0.935. The Balaban J connectivity index is 4.31. The Morgan fingerprint density at radius 2 is 0.635 bits per heavy atom. The SMILES string of the molecule is CCCCCCCCCCCCCCCCCC(=O)O[C@@H](COC(=O)CCCCCCCCCC(C)C)COC(=O)CCCCCCCCC(C)C. The molecule has 0 rings (SSSR count). The highest BCUT2D eigenvalue weighted by Crippen LogP contribution is 2.16. The van der Waals surface area contributed by atoms with Crippen LogP contribution in [-0.2, 0) is 28.6 Å². The third-order valence-electron chi connectivity index (χ3n) is 10.2. The summed E-state index contributed by atoms with van der Waals surface area (Å²) in [5.41, 5.74) is 0. The van der Waals surface area contributed by atoms with Crippen LogP contribution in [0.1, 0.15) is 247 Å². The Labute approximate surface area is 323 Å². The molecule has 0 saturated heterocycles. The number of ether oxygens (including phenoxy) is 3. The van der Waals surface area contributed by atoms with Crippen molar-refractivity contribution in [1.82, 2.24) is 0 Å².